The highest BCUT2D eigenvalue weighted by Gasteiger charge is 2.60. The van der Waals surface area contributed by atoms with Gasteiger partial charge >= 0.3 is 0 Å². The number of carbonyl (C=O) groups excluding carboxylic acids is 2. The van der Waals surface area contributed by atoms with Crippen molar-refractivity contribution >= 4 is 27.1 Å². The van der Waals surface area contributed by atoms with Gasteiger partial charge in [-0.1, -0.05) is 20.8 Å². The van der Waals surface area contributed by atoms with E-state index in [2.05, 4.69) is 26.1 Å². The number of nitrogens with two attached hydrogens (primary N) is 1. The Morgan fingerprint density at radius 2 is 1.67 bits per heavy atom. The topological polar surface area (TPSA) is 127 Å². The lowest BCUT2D eigenvalue weighted by Crippen LogP contribution is -2.54. The van der Waals surface area contributed by atoms with E-state index in [9.17, 15) is 23.1 Å². The summed E-state index contributed by atoms with van der Waals surface area (Å²) >= 11 is 0. The number of aliphatic hydroxyl groups is 1. The second-order valence-electron chi connectivity index (χ2n) is 13.0. The highest BCUT2D eigenvalue weighted by molar-refractivity contribution is 7.72. The molecule has 4 saturated carbocycles. The van der Waals surface area contributed by atoms with Gasteiger partial charge in [0.1, 0.15) is 4.99 Å². The van der Waals surface area contributed by atoms with Gasteiger partial charge in [0.25, 0.3) is 0 Å². The Hall–Kier alpha value is -1.41. The van der Waals surface area contributed by atoms with E-state index in [1.54, 1.807) is 0 Å². The molecule has 0 heterocycles. The lowest BCUT2D eigenvalue weighted by molar-refractivity contribution is -0.129. The Kier molecular flexibility index (Phi) is 8.25. The fourth-order valence-corrected chi connectivity index (χ4v) is 9.88. The molecule has 4 fully saturated rings. The molecule has 0 aromatic rings. The first-order valence-electron chi connectivity index (χ1n) is 14.2. The molecule has 9 atom stereocenters. The zero-order chi connectivity index (χ0) is 26.3. The van der Waals surface area contributed by atoms with Crippen molar-refractivity contribution in [2.45, 2.75) is 110 Å². The van der Waals surface area contributed by atoms with E-state index < -0.39 is 16.2 Å². The van der Waals surface area contributed by atoms with Crippen LogP contribution < -0.4 is 11.1 Å². The third kappa shape index (κ3) is 5.27. The minimum absolute atomic E-state index is 0.0730. The summed E-state index contributed by atoms with van der Waals surface area (Å²) in [7, 11) is -2.57. The Morgan fingerprint density at radius 3 is 2.36 bits per heavy atom. The highest BCUT2D eigenvalue weighted by Crippen LogP contribution is 2.68. The Morgan fingerprint density at radius 1 is 0.972 bits per heavy atom. The quantitative estimate of drug-likeness (QED) is 0.438. The molecule has 4 rings (SSSR count). The molecule has 8 heteroatoms. The minimum Gasteiger partial charge on any atom is -0.393 e. The van der Waals surface area contributed by atoms with Crippen LogP contribution in [0.15, 0.2) is 0 Å². The van der Waals surface area contributed by atoms with Crippen LogP contribution in [0.1, 0.15) is 104 Å². The Bertz CT molecular complexity index is 988. The average molecular weight is 523 g/mol. The number of hydrogen-bond acceptors (Lipinski definition) is 5. The molecule has 0 aromatic heterocycles. The molecule has 7 nitrogen and oxygen atoms in total. The molecule has 204 valence electrons. The summed E-state index contributed by atoms with van der Waals surface area (Å²) in [4.78, 5) is 23.4. The lowest BCUT2D eigenvalue weighted by Gasteiger charge is -2.61. The van der Waals surface area contributed by atoms with Crippen molar-refractivity contribution in [3.63, 3.8) is 0 Å². The van der Waals surface area contributed by atoms with Crippen molar-refractivity contribution in [2.24, 2.45) is 52.1 Å². The largest absolute Gasteiger partial charge is 0.393 e. The first-order valence-corrected chi connectivity index (χ1v) is 15.2. The molecule has 0 aliphatic heterocycles. The molecule has 0 unspecified atom stereocenters. The third-order valence-corrected chi connectivity index (χ3v) is 12.0. The molecule has 0 saturated heterocycles. The predicted octanol–water partition coefficient (Wildman–Crippen LogP) is 3.81. The molecule has 4 N–H and O–H groups in total. The van der Waals surface area contributed by atoms with Crippen LogP contribution in [0.2, 0.25) is 0 Å². The standard InChI is InChI=1S/C28H46N2O5S/c1-17(4-10-25(33)30-26(36(34)35)11-9-24(29)32)21-7-8-22-20-6-5-18-16-19(31)12-14-27(18,2)23(20)13-15-28(21,22)3/h17-23,31H,4-16H2,1-3H3,(H2,29,32)(H,30,33)/t17-,18-,19-,20+,21-,22+,23+,27+,28-/m1/s1. The molecular weight excluding hydrogens is 476 g/mol. The zero-order valence-corrected chi connectivity index (χ0v) is 23.1. The van der Waals surface area contributed by atoms with Gasteiger partial charge < -0.3 is 16.2 Å². The lowest BCUT2D eigenvalue weighted by atomic mass is 9.44. The van der Waals surface area contributed by atoms with Crippen molar-refractivity contribution in [3.05, 3.63) is 0 Å². The molecule has 36 heavy (non-hydrogen) atoms. The highest BCUT2D eigenvalue weighted by atomic mass is 32.2. The number of aliphatic hydroxyl groups excluding tert-OH is 1. The van der Waals surface area contributed by atoms with E-state index >= 15 is 0 Å². The van der Waals surface area contributed by atoms with Crippen molar-refractivity contribution in [3.8, 4) is 0 Å². The Balaban J connectivity index is 1.36. The summed E-state index contributed by atoms with van der Waals surface area (Å²) in [5.74, 6) is 3.07. The fraction of sp³-hybridized carbons (Fsp3) is 0.893. The van der Waals surface area contributed by atoms with Crippen molar-refractivity contribution < 1.29 is 23.1 Å². The van der Waals surface area contributed by atoms with Crippen molar-refractivity contribution in [1.29, 1.82) is 0 Å². The average Bonchev–Trinajstić information content (AvgIpc) is 3.17. The van der Waals surface area contributed by atoms with E-state index in [1.807, 2.05) is 0 Å². The van der Waals surface area contributed by atoms with Gasteiger partial charge in [0.05, 0.1) is 6.10 Å². The number of hydrogen-bond donors (Lipinski definition) is 3. The first kappa shape index (κ1) is 27.6. The minimum atomic E-state index is -2.57. The monoisotopic (exact) mass is 522 g/mol. The summed E-state index contributed by atoms with van der Waals surface area (Å²) in [6, 6.07) is 0. The Labute approximate surface area is 217 Å². The number of fused-ring (bicyclic) bond motifs is 5. The van der Waals surface area contributed by atoms with Crippen LogP contribution in [0.3, 0.4) is 0 Å². The SMILES string of the molecule is C[C@H](CCC(=O)NC(CCC(N)=O)=S(=O)=O)[C@H]1CC[C@H]2[C@@H]3CC[C@@H]4C[C@H](O)CC[C@]4(C)[C@H]3CC[C@]12C. The van der Waals surface area contributed by atoms with Gasteiger partial charge in [-0.3, -0.25) is 9.59 Å². The summed E-state index contributed by atoms with van der Waals surface area (Å²) < 4.78 is 22.8. The molecule has 0 spiro atoms. The van der Waals surface area contributed by atoms with Crippen LogP contribution in [0, 0.1) is 46.3 Å². The smallest absolute Gasteiger partial charge is 0.233 e. The molecule has 4 aliphatic rings. The molecular formula is C28H46N2O5S. The van der Waals surface area contributed by atoms with Crippen LogP contribution in [-0.2, 0) is 19.9 Å². The maximum atomic E-state index is 12.5. The van der Waals surface area contributed by atoms with Gasteiger partial charge in [0, 0.05) is 19.3 Å². The number of carbonyl (C=O) groups is 2. The summed E-state index contributed by atoms with van der Waals surface area (Å²) in [5.41, 5.74) is 5.81. The van der Waals surface area contributed by atoms with Gasteiger partial charge in [0.2, 0.25) is 22.1 Å². The van der Waals surface area contributed by atoms with Gasteiger partial charge in [0.15, 0.2) is 0 Å². The van der Waals surface area contributed by atoms with E-state index in [0.29, 0.717) is 28.6 Å². The van der Waals surface area contributed by atoms with Crippen LogP contribution in [0.4, 0.5) is 0 Å². The predicted molar refractivity (Wildman–Crippen MR) is 140 cm³/mol. The maximum Gasteiger partial charge on any atom is 0.233 e. The van der Waals surface area contributed by atoms with Gasteiger partial charge in [-0.15, -0.1) is 0 Å². The number of rotatable bonds is 7. The van der Waals surface area contributed by atoms with Crippen LogP contribution in [0.5, 0.6) is 0 Å². The third-order valence-electron chi connectivity index (χ3n) is 11.3. The molecule has 2 amide bonds. The van der Waals surface area contributed by atoms with E-state index in [1.165, 1.54) is 44.9 Å². The normalized spacial score (nSPS) is 40.3. The zero-order valence-electron chi connectivity index (χ0n) is 22.3. The molecule has 0 radical (unpaired) electrons. The van der Waals surface area contributed by atoms with E-state index in [-0.39, 0.29) is 36.3 Å². The van der Waals surface area contributed by atoms with Crippen LogP contribution in [-0.4, -0.2) is 36.4 Å². The van der Waals surface area contributed by atoms with Crippen molar-refractivity contribution in [2.75, 3.05) is 0 Å². The number of primary amides is 1. The molecule has 4 aliphatic carbocycles. The van der Waals surface area contributed by atoms with Gasteiger partial charge in [-0.2, -0.15) is 8.42 Å². The van der Waals surface area contributed by atoms with Crippen molar-refractivity contribution in [1.82, 2.24) is 5.32 Å². The van der Waals surface area contributed by atoms with Crippen LogP contribution >= 0.6 is 0 Å². The summed E-state index contributed by atoms with van der Waals surface area (Å²) in [6.45, 7) is 7.31. The fourth-order valence-electron chi connectivity index (χ4n) is 9.41. The maximum absolute atomic E-state index is 12.5. The summed E-state index contributed by atoms with van der Waals surface area (Å²) in [6.07, 6.45) is 11.5. The van der Waals surface area contributed by atoms with Gasteiger partial charge in [-0.05, 0) is 111 Å². The van der Waals surface area contributed by atoms with Gasteiger partial charge in [-0.25, -0.2) is 0 Å². The second-order valence-corrected chi connectivity index (χ2v) is 14.0. The summed E-state index contributed by atoms with van der Waals surface area (Å²) in [5, 5.41) is 12.8. The molecule has 0 aromatic carbocycles. The second kappa shape index (κ2) is 10.8. The van der Waals surface area contributed by atoms with E-state index in [4.69, 9.17) is 5.73 Å². The number of nitrogens with one attached hydrogen (secondary N) is 1. The number of amides is 2. The first-order chi connectivity index (χ1) is 17.0. The van der Waals surface area contributed by atoms with Crippen LogP contribution in [0.25, 0.3) is 0 Å². The van der Waals surface area contributed by atoms with E-state index in [0.717, 1.165) is 37.0 Å². The molecule has 0 bridgehead atoms.